The predicted octanol–water partition coefficient (Wildman–Crippen LogP) is 0.477. The average Bonchev–Trinajstić information content (AvgIpc) is 2.52. The summed E-state index contributed by atoms with van der Waals surface area (Å²) in [5.41, 5.74) is 1.38. The standard InChI is InChI=1S/C16H21ClO7/c1-6(2)8-5-4-7(3)9(17)13(8)23-16(22)14-11(19)10(18)12(20)15(21)24-14/h4-6,10-12,14-15,18-21H,1-3H3/t10-,11-,12+,14-,15+/m0/s1. The molecule has 5 atom stereocenters. The van der Waals surface area contributed by atoms with E-state index in [4.69, 9.17) is 21.1 Å². The van der Waals surface area contributed by atoms with Gasteiger partial charge in [-0.3, -0.25) is 0 Å². The molecule has 0 spiro atoms. The van der Waals surface area contributed by atoms with Crippen LogP contribution in [-0.4, -0.2) is 57.1 Å². The maximum absolute atomic E-state index is 12.3. The number of ether oxygens (including phenoxy) is 2. The molecule has 1 aromatic carbocycles. The van der Waals surface area contributed by atoms with Gasteiger partial charge in [-0.1, -0.05) is 37.6 Å². The summed E-state index contributed by atoms with van der Waals surface area (Å²) >= 11 is 6.22. The molecule has 24 heavy (non-hydrogen) atoms. The summed E-state index contributed by atoms with van der Waals surface area (Å²) in [5, 5.41) is 38.8. The highest BCUT2D eigenvalue weighted by atomic mass is 35.5. The first kappa shape index (κ1) is 19.1. The fraction of sp³-hybridized carbons (Fsp3) is 0.562. The number of halogens is 1. The quantitative estimate of drug-likeness (QED) is 0.457. The topological polar surface area (TPSA) is 116 Å². The lowest BCUT2D eigenvalue weighted by Gasteiger charge is -2.37. The van der Waals surface area contributed by atoms with Crippen LogP contribution in [0.15, 0.2) is 12.1 Å². The Kier molecular flexibility index (Phi) is 5.85. The van der Waals surface area contributed by atoms with Crippen molar-refractivity contribution in [2.45, 2.75) is 57.4 Å². The number of benzene rings is 1. The highest BCUT2D eigenvalue weighted by molar-refractivity contribution is 6.33. The third-order valence-electron chi connectivity index (χ3n) is 3.97. The molecule has 0 saturated carbocycles. The molecule has 4 N–H and O–H groups in total. The van der Waals surface area contributed by atoms with Crippen molar-refractivity contribution in [2.24, 2.45) is 0 Å². The summed E-state index contributed by atoms with van der Waals surface area (Å²) in [7, 11) is 0. The Labute approximate surface area is 144 Å². The van der Waals surface area contributed by atoms with Gasteiger partial charge in [-0.2, -0.15) is 0 Å². The number of rotatable bonds is 3. The second-order valence-corrected chi connectivity index (χ2v) is 6.49. The summed E-state index contributed by atoms with van der Waals surface area (Å²) in [6, 6.07) is 3.57. The first-order valence-electron chi connectivity index (χ1n) is 7.53. The first-order valence-corrected chi connectivity index (χ1v) is 7.91. The molecule has 1 aliphatic heterocycles. The number of esters is 1. The molecule has 1 heterocycles. The zero-order valence-corrected chi connectivity index (χ0v) is 14.3. The zero-order chi connectivity index (χ0) is 18.2. The van der Waals surface area contributed by atoms with Crippen LogP contribution in [0.3, 0.4) is 0 Å². The van der Waals surface area contributed by atoms with Crippen molar-refractivity contribution in [1.29, 1.82) is 0 Å². The summed E-state index contributed by atoms with van der Waals surface area (Å²) in [6.07, 6.45) is -8.70. The molecular weight excluding hydrogens is 340 g/mol. The summed E-state index contributed by atoms with van der Waals surface area (Å²) in [5.74, 6) is -0.870. The molecule has 0 aromatic heterocycles. The third kappa shape index (κ3) is 3.56. The molecule has 0 aliphatic carbocycles. The van der Waals surface area contributed by atoms with Crippen LogP contribution in [0.25, 0.3) is 0 Å². The highest BCUT2D eigenvalue weighted by Gasteiger charge is 2.47. The van der Waals surface area contributed by atoms with Crippen LogP contribution in [0.2, 0.25) is 5.02 Å². The Bertz CT molecular complexity index is 619. The Hall–Kier alpha value is -1.22. The van der Waals surface area contributed by atoms with Crippen LogP contribution in [0, 0.1) is 6.92 Å². The van der Waals surface area contributed by atoms with Crippen LogP contribution >= 0.6 is 11.6 Å². The van der Waals surface area contributed by atoms with Crippen molar-refractivity contribution >= 4 is 17.6 Å². The van der Waals surface area contributed by atoms with E-state index in [0.717, 1.165) is 0 Å². The van der Waals surface area contributed by atoms with Gasteiger partial charge in [0.05, 0.1) is 5.02 Å². The molecule has 134 valence electrons. The fourth-order valence-electron chi connectivity index (χ4n) is 2.44. The van der Waals surface area contributed by atoms with Crippen molar-refractivity contribution in [3.63, 3.8) is 0 Å². The number of carbonyl (C=O) groups excluding carboxylic acids is 1. The Morgan fingerprint density at radius 3 is 2.38 bits per heavy atom. The van der Waals surface area contributed by atoms with Crippen molar-refractivity contribution < 1.29 is 34.7 Å². The average molecular weight is 361 g/mol. The van der Waals surface area contributed by atoms with Gasteiger partial charge >= 0.3 is 5.97 Å². The van der Waals surface area contributed by atoms with Crippen LogP contribution in [0.4, 0.5) is 0 Å². The Morgan fingerprint density at radius 1 is 1.17 bits per heavy atom. The van der Waals surface area contributed by atoms with E-state index in [2.05, 4.69) is 0 Å². The van der Waals surface area contributed by atoms with E-state index >= 15 is 0 Å². The van der Waals surface area contributed by atoms with E-state index in [1.165, 1.54) is 0 Å². The minimum atomic E-state index is -1.82. The number of aliphatic hydroxyl groups is 4. The number of hydrogen-bond donors (Lipinski definition) is 4. The van der Waals surface area contributed by atoms with E-state index in [1.54, 1.807) is 19.1 Å². The number of aryl methyl sites for hydroxylation is 1. The number of aliphatic hydroxyl groups excluding tert-OH is 4. The molecule has 7 nitrogen and oxygen atoms in total. The molecule has 1 aliphatic rings. The second-order valence-electron chi connectivity index (χ2n) is 6.11. The number of hydrogen-bond acceptors (Lipinski definition) is 7. The largest absolute Gasteiger partial charge is 0.423 e. The van der Waals surface area contributed by atoms with Gasteiger partial charge < -0.3 is 29.9 Å². The van der Waals surface area contributed by atoms with Crippen LogP contribution < -0.4 is 4.74 Å². The SMILES string of the molecule is Cc1ccc(C(C)C)c(OC(=O)[C@H]2O[C@@H](O)[C@H](O)[C@@H](O)[C@@H]2O)c1Cl. The molecule has 8 heteroatoms. The molecule has 2 rings (SSSR count). The van der Waals surface area contributed by atoms with E-state index in [0.29, 0.717) is 11.1 Å². The lowest BCUT2D eigenvalue weighted by molar-refractivity contribution is -0.279. The molecular formula is C16H21ClO7. The van der Waals surface area contributed by atoms with Gasteiger partial charge in [-0.25, -0.2) is 4.79 Å². The van der Waals surface area contributed by atoms with E-state index in [1.807, 2.05) is 13.8 Å². The summed E-state index contributed by atoms with van der Waals surface area (Å²) in [6.45, 7) is 5.54. The highest BCUT2D eigenvalue weighted by Crippen LogP contribution is 2.36. The molecule has 0 amide bonds. The molecule has 0 radical (unpaired) electrons. The maximum Gasteiger partial charge on any atom is 0.343 e. The van der Waals surface area contributed by atoms with Crippen LogP contribution in [0.1, 0.15) is 30.9 Å². The van der Waals surface area contributed by atoms with Gasteiger partial charge in [0.25, 0.3) is 0 Å². The van der Waals surface area contributed by atoms with E-state index in [-0.39, 0.29) is 16.7 Å². The lowest BCUT2D eigenvalue weighted by Crippen LogP contribution is -2.60. The second kappa shape index (κ2) is 7.35. The normalized spacial score (nSPS) is 30.5. The molecule has 1 saturated heterocycles. The van der Waals surface area contributed by atoms with Gasteiger partial charge in [0.2, 0.25) is 0 Å². The third-order valence-corrected chi connectivity index (χ3v) is 4.44. The van der Waals surface area contributed by atoms with E-state index < -0.39 is 36.7 Å². The van der Waals surface area contributed by atoms with Gasteiger partial charge in [0.15, 0.2) is 18.1 Å². The number of carbonyl (C=O) groups is 1. The first-order chi connectivity index (χ1) is 11.1. The molecule has 1 aromatic rings. The lowest BCUT2D eigenvalue weighted by atomic mass is 9.98. The monoisotopic (exact) mass is 360 g/mol. The van der Waals surface area contributed by atoms with Gasteiger partial charge in [0.1, 0.15) is 18.3 Å². The van der Waals surface area contributed by atoms with Gasteiger partial charge in [-0.05, 0) is 24.0 Å². The van der Waals surface area contributed by atoms with Crippen molar-refractivity contribution in [3.05, 3.63) is 28.3 Å². The maximum atomic E-state index is 12.3. The van der Waals surface area contributed by atoms with Gasteiger partial charge in [-0.15, -0.1) is 0 Å². The minimum absolute atomic E-state index is 0.0149. The minimum Gasteiger partial charge on any atom is -0.423 e. The van der Waals surface area contributed by atoms with Crippen LogP contribution in [-0.2, 0) is 9.53 Å². The summed E-state index contributed by atoms with van der Waals surface area (Å²) < 4.78 is 10.2. The Balaban J connectivity index is 2.28. The van der Waals surface area contributed by atoms with Crippen LogP contribution in [0.5, 0.6) is 5.75 Å². The fourth-order valence-corrected chi connectivity index (χ4v) is 2.65. The predicted molar refractivity (Wildman–Crippen MR) is 84.8 cm³/mol. The van der Waals surface area contributed by atoms with Gasteiger partial charge in [0, 0.05) is 0 Å². The van der Waals surface area contributed by atoms with Crippen molar-refractivity contribution in [1.82, 2.24) is 0 Å². The van der Waals surface area contributed by atoms with Crippen molar-refractivity contribution in [3.8, 4) is 5.75 Å². The molecule has 0 bridgehead atoms. The molecule has 0 unspecified atom stereocenters. The Morgan fingerprint density at radius 2 is 1.79 bits per heavy atom. The zero-order valence-electron chi connectivity index (χ0n) is 13.5. The smallest absolute Gasteiger partial charge is 0.343 e. The van der Waals surface area contributed by atoms with Crippen molar-refractivity contribution in [2.75, 3.05) is 0 Å². The molecule has 1 fully saturated rings. The summed E-state index contributed by atoms with van der Waals surface area (Å²) in [4.78, 5) is 12.3. The van der Waals surface area contributed by atoms with E-state index in [9.17, 15) is 25.2 Å².